The summed E-state index contributed by atoms with van der Waals surface area (Å²) in [5.41, 5.74) is 1.97. The van der Waals surface area contributed by atoms with Gasteiger partial charge in [-0.1, -0.05) is 28.8 Å². The topological polar surface area (TPSA) is 67.5 Å². The summed E-state index contributed by atoms with van der Waals surface area (Å²) >= 11 is 3.54. The van der Waals surface area contributed by atoms with Crippen LogP contribution in [0.25, 0.3) is 11.5 Å². The van der Waals surface area contributed by atoms with E-state index in [0.29, 0.717) is 23.7 Å². The first-order valence-electron chi connectivity index (χ1n) is 11.0. The second kappa shape index (κ2) is 7.96. The molecule has 1 fully saturated rings. The van der Waals surface area contributed by atoms with Gasteiger partial charge in [0.05, 0.1) is 18.5 Å². The second-order valence-electron chi connectivity index (χ2n) is 8.97. The van der Waals surface area contributed by atoms with Crippen molar-refractivity contribution in [1.29, 1.82) is 0 Å². The minimum Gasteiger partial charge on any atom is -0.463 e. The highest BCUT2D eigenvalue weighted by Gasteiger charge is 2.49. The summed E-state index contributed by atoms with van der Waals surface area (Å²) in [6, 6.07) is 13.3. The second-order valence-corrected chi connectivity index (χ2v) is 9.82. The van der Waals surface area contributed by atoms with Gasteiger partial charge in [-0.15, -0.1) is 0 Å². The van der Waals surface area contributed by atoms with Crippen LogP contribution in [0.15, 0.2) is 57.6 Å². The summed E-state index contributed by atoms with van der Waals surface area (Å²) in [5.74, 6) is 0.360. The maximum atomic E-state index is 13.8. The monoisotopic (exact) mass is 495 g/mol. The Morgan fingerprint density at radius 1 is 1.16 bits per heavy atom. The number of carbonyl (C=O) groups is 2. The Morgan fingerprint density at radius 3 is 2.59 bits per heavy atom. The number of amides is 2. The quantitative estimate of drug-likeness (QED) is 0.534. The fourth-order valence-corrected chi connectivity index (χ4v) is 5.18. The van der Waals surface area contributed by atoms with E-state index in [4.69, 9.17) is 4.42 Å². The van der Waals surface area contributed by atoms with Crippen molar-refractivity contribution in [2.75, 3.05) is 4.90 Å². The molecule has 1 aliphatic carbocycles. The Bertz CT molecular complexity index is 1180. The van der Waals surface area contributed by atoms with Gasteiger partial charge >= 0.3 is 0 Å². The SMILES string of the molecule is Cc1cc(N2C(=O)c3ccc(-c4ccco4)n3CC2(C)C(=O)NC2CCCC2)ccc1Br. The number of carbonyl (C=O) groups excluding carboxylic acids is 2. The fourth-order valence-electron chi connectivity index (χ4n) is 4.94. The van der Waals surface area contributed by atoms with Gasteiger partial charge in [-0.2, -0.15) is 0 Å². The van der Waals surface area contributed by atoms with Crippen molar-refractivity contribution < 1.29 is 14.0 Å². The first kappa shape index (κ1) is 21.1. The average Bonchev–Trinajstić information content (AvgIpc) is 3.52. The minimum atomic E-state index is -1.09. The van der Waals surface area contributed by atoms with Crippen LogP contribution in [0.3, 0.4) is 0 Å². The molecule has 3 aromatic rings. The lowest BCUT2D eigenvalue weighted by Crippen LogP contribution is -2.65. The lowest BCUT2D eigenvalue weighted by atomic mass is 9.93. The zero-order valence-electron chi connectivity index (χ0n) is 18.2. The number of hydrogen-bond donors (Lipinski definition) is 1. The largest absolute Gasteiger partial charge is 0.463 e. The highest BCUT2D eigenvalue weighted by molar-refractivity contribution is 9.10. The van der Waals surface area contributed by atoms with E-state index in [0.717, 1.165) is 41.4 Å². The van der Waals surface area contributed by atoms with Gasteiger partial charge in [0.15, 0.2) is 0 Å². The van der Waals surface area contributed by atoms with Gasteiger partial charge < -0.3 is 14.3 Å². The number of furan rings is 1. The highest BCUT2D eigenvalue weighted by Crippen LogP contribution is 2.37. The Hall–Kier alpha value is -2.80. The Balaban J connectivity index is 1.62. The first-order valence-corrected chi connectivity index (χ1v) is 11.8. The third-order valence-electron chi connectivity index (χ3n) is 6.72. The number of nitrogens with zero attached hydrogens (tertiary/aromatic N) is 2. The molecule has 0 radical (unpaired) electrons. The van der Waals surface area contributed by atoms with Crippen LogP contribution in [0.2, 0.25) is 0 Å². The van der Waals surface area contributed by atoms with Gasteiger partial charge in [0, 0.05) is 16.2 Å². The fraction of sp³-hybridized carbons (Fsp3) is 0.360. The molecule has 0 saturated heterocycles. The van der Waals surface area contributed by atoms with Crippen LogP contribution in [0.4, 0.5) is 5.69 Å². The van der Waals surface area contributed by atoms with E-state index in [2.05, 4.69) is 21.2 Å². The first-order chi connectivity index (χ1) is 15.4. The van der Waals surface area contributed by atoms with Crippen molar-refractivity contribution in [3.8, 4) is 11.5 Å². The molecule has 1 N–H and O–H groups in total. The number of aromatic nitrogens is 1. The molecule has 1 aromatic carbocycles. The van der Waals surface area contributed by atoms with Crippen LogP contribution in [-0.4, -0.2) is 28.0 Å². The molecule has 2 aromatic heterocycles. The molecule has 0 spiro atoms. The normalized spacial score (nSPS) is 21.1. The number of halogens is 1. The number of anilines is 1. The number of hydrogen-bond acceptors (Lipinski definition) is 3. The Labute approximate surface area is 195 Å². The Kier molecular flexibility index (Phi) is 5.24. The van der Waals surface area contributed by atoms with Crippen molar-refractivity contribution in [3.63, 3.8) is 0 Å². The van der Waals surface area contributed by atoms with E-state index in [1.807, 2.05) is 60.9 Å². The molecule has 7 heteroatoms. The van der Waals surface area contributed by atoms with Gasteiger partial charge in [-0.05, 0) is 74.7 Å². The predicted octanol–water partition coefficient (Wildman–Crippen LogP) is 5.30. The summed E-state index contributed by atoms with van der Waals surface area (Å²) < 4.78 is 8.48. The van der Waals surface area contributed by atoms with Crippen molar-refractivity contribution in [1.82, 2.24) is 9.88 Å². The number of rotatable bonds is 4. The highest BCUT2D eigenvalue weighted by atomic mass is 79.9. The smallest absolute Gasteiger partial charge is 0.275 e. The molecule has 1 atom stereocenters. The molecule has 1 saturated carbocycles. The van der Waals surface area contributed by atoms with E-state index in [1.54, 1.807) is 11.2 Å². The van der Waals surface area contributed by atoms with Gasteiger partial charge in [-0.3, -0.25) is 14.5 Å². The van der Waals surface area contributed by atoms with Crippen molar-refractivity contribution in [2.45, 2.75) is 57.7 Å². The summed E-state index contributed by atoms with van der Waals surface area (Å²) in [5, 5.41) is 3.23. The van der Waals surface area contributed by atoms with E-state index in [-0.39, 0.29) is 17.9 Å². The van der Waals surface area contributed by atoms with Crippen molar-refractivity contribution >= 4 is 33.4 Å². The maximum Gasteiger partial charge on any atom is 0.275 e. The third-order valence-corrected chi connectivity index (χ3v) is 7.61. The summed E-state index contributed by atoms with van der Waals surface area (Å²) in [4.78, 5) is 29.2. The maximum absolute atomic E-state index is 13.8. The third kappa shape index (κ3) is 3.39. The van der Waals surface area contributed by atoms with Crippen LogP contribution in [-0.2, 0) is 11.3 Å². The lowest BCUT2D eigenvalue weighted by Gasteiger charge is -2.44. The van der Waals surface area contributed by atoms with Gasteiger partial charge in [0.2, 0.25) is 5.91 Å². The summed E-state index contributed by atoms with van der Waals surface area (Å²) in [7, 11) is 0. The molecule has 32 heavy (non-hydrogen) atoms. The number of aryl methyl sites for hydroxylation is 1. The van der Waals surface area contributed by atoms with Crippen LogP contribution in [0.5, 0.6) is 0 Å². The predicted molar refractivity (Wildman–Crippen MR) is 127 cm³/mol. The molecule has 1 unspecified atom stereocenters. The summed E-state index contributed by atoms with van der Waals surface area (Å²) in [6.07, 6.45) is 5.84. The number of nitrogens with one attached hydrogen (secondary N) is 1. The van der Waals surface area contributed by atoms with Gasteiger partial charge in [0.1, 0.15) is 17.0 Å². The van der Waals surface area contributed by atoms with Crippen LogP contribution in [0, 0.1) is 6.92 Å². The van der Waals surface area contributed by atoms with Crippen LogP contribution >= 0.6 is 15.9 Å². The molecular formula is C25H26BrN3O3. The van der Waals surface area contributed by atoms with Crippen LogP contribution in [0.1, 0.15) is 48.7 Å². The molecule has 6 nitrogen and oxygen atoms in total. The molecule has 2 aliphatic rings. The molecule has 3 heterocycles. The van der Waals surface area contributed by atoms with Crippen molar-refractivity contribution in [3.05, 3.63) is 64.5 Å². The van der Waals surface area contributed by atoms with E-state index >= 15 is 0 Å². The van der Waals surface area contributed by atoms with E-state index in [9.17, 15) is 9.59 Å². The van der Waals surface area contributed by atoms with E-state index in [1.165, 1.54) is 0 Å². The zero-order chi connectivity index (χ0) is 22.5. The molecule has 5 rings (SSSR count). The summed E-state index contributed by atoms with van der Waals surface area (Å²) in [6.45, 7) is 4.18. The minimum absolute atomic E-state index is 0.122. The van der Waals surface area contributed by atoms with Gasteiger partial charge in [0.25, 0.3) is 5.91 Å². The van der Waals surface area contributed by atoms with Gasteiger partial charge in [-0.25, -0.2) is 0 Å². The van der Waals surface area contributed by atoms with E-state index < -0.39 is 5.54 Å². The van der Waals surface area contributed by atoms with Crippen molar-refractivity contribution in [2.24, 2.45) is 0 Å². The average molecular weight is 496 g/mol. The standard InChI is InChI=1S/C25H26BrN3O3/c1-16-14-18(9-10-19(16)26)29-23(30)21-12-11-20(22-8-5-13-32-22)28(21)15-25(29,2)24(31)27-17-6-3-4-7-17/h5,8-14,17H,3-4,6-7,15H2,1-2H3,(H,27,31). The molecule has 166 valence electrons. The number of fused-ring (bicyclic) bond motifs is 1. The number of benzene rings is 1. The van der Waals surface area contributed by atoms with Crippen LogP contribution < -0.4 is 10.2 Å². The molecule has 1 aliphatic heterocycles. The zero-order valence-corrected chi connectivity index (χ0v) is 19.8. The lowest BCUT2D eigenvalue weighted by molar-refractivity contribution is -0.127. The molecular weight excluding hydrogens is 470 g/mol. The Morgan fingerprint density at radius 2 is 1.91 bits per heavy atom. The molecule has 0 bridgehead atoms. The molecule has 2 amide bonds.